The molecule has 1 atom stereocenters. The smallest absolute Gasteiger partial charge is 0.369 e. The minimum atomic E-state index is -0.367. The number of esters is 1. The van der Waals surface area contributed by atoms with E-state index in [2.05, 4.69) is 0 Å². The fraction of sp³-hybridized carbons (Fsp3) is 0.188. The van der Waals surface area contributed by atoms with E-state index in [0.29, 0.717) is 0 Å². The first-order valence-electron chi connectivity index (χ1n) is 6.25. The van der Waals surface area contributed by atoms with Gasteiger partial charge in [0.05, 0.1) is 7.11 Å². The highest BCUT2D eigenvalue weighted by Gasteiger charge is 2.25. The number of aryl methyl sites for hydroxylation is 1. The van der Waals surface area contributed by atoms with Crippen LogP contribution in [-0.4, -0.2) is 13.1 Å². The van der Waals surface area contributed by atoms with Gasteiger partial charge in [0.2, 0.25) is 6.04 Å². The molecular weight excluding hydrogens is 274 g/mol. The number of methoxy groups -OCH3 is 1. The van der Waals surface area contributed by atoms with E-state index < -0.39 is 0 Å². The monoisotopic (exact) mass is 291 g/mol. The molecule has 0 aromatic heterocycles. The molecule has 3 nitrogen and oxygen atoms in total. The Bertz CT molecular complexity index is 540. The van der Waals surface area contributed by atoms with E-state index in [1.165, 1.54) is 12.7 Å². The first kappa shape index (κ1) is 16.2. The lowest BCUT2D eigenvalue weighted by atomic mass is 10.1. The Morgan fingerprint density at radius 2 is 1.65 bits per heavy atom. The highest BCUT2D eigenvalue weighted by Crippen LogP contribution is 2.12. The van der Waals surface area contributed by atoms with Crippen LogP contribution in [-0.2, 0) is 9.53 Å². The number of hydrogen-bond donors (Lipinski definition) is 1. The van der Waals surface area contributed by atoms with E-state index in [-0.39, 0.29) is 24.4 Å². The first-order valence-corrected chi connectivity index (χ1v) is 6.25. The van der Waals surface area contributed by atoms with Crippen LogP contribution in [0.5, 0.6) is 0 Å². The molecule has 1 unspecified atom stereocenters. The van der Waals surface area contributed by atoms with E-state index in [4.69, 9.17) is 4.74 Å². The zero-order valence-corrected chi connectivity index (χ0v) is 12.3. The molecule has 0 saturated carbocycles. The largest absolute Gasteiger partial charge is 1.00 e. The number of rotatable bonds is 4. The Kier molecular flexibility index (Phi) is 6.22. The second kappa shape index (κ2) is 7.68. The third-order valence-electron chi connectivity index (χ3n) is 3.05. The third-order valence-corrected chi connectivity index (χ3v) is 3.05. The predicted molar refractivity (Wildman–Crippen MR) is 74.0 cm³/mol. The van der Waals surface area contributed by atoms with Crippen molar-refractivity contribution in [1.29, 1.82) is 0 Å². The van der Waals surface area contributed by atoms with Crippen molar-refractivity contribution >= 4 is 11.7 Å². The summed E-state index contributed by atoms with van der Waals surface area (Å²) in [6.45, 7) is 2.04. The predicted octanol–water partition coefficient (Wildman–Crippen LogP) is -0.892. The van der Waals surface area contributed by atoms with E-state index in [9.17, 15) is 4.79 Å². The number of hydrogen-bond acceptors (Lipinski definition) is 2. The van der Waals surface area contributed by atoms with Gasteiger partial charge >= 0.3 is 5.97 Å². The second-order valence-electron chi connectivity index (χ2n) is 4.49. The van der Waals surface area contributed by atoms with Gasteiger partial charge in [-0.2, -0.15) is 0 Å². The zero-order valence-electron chi connectivity index (χ0n) is 11.5. The van der Waals surface area contributed by atoms with E-state index in [1.54, 1.807) is 0 Å². The van der Waals surface area contributed by atoms with Gasteiger partial charge in [-0.1, -0.05) is 48.0 Å². The maximum Gasteiger partial charge on any atom is 0.369 e. The molecule has 2 aromatic carbocycles. The molecule has 2 rings (SSSR count). The molecule has 0 aliphatic heterocycles. The Balaban J connectivity index is 0.00000200. The number of ether oxygens (including phenoxy) is 1. The van der Waals surface area contributed by atoms with E-state index in [1.807, 2.05) is 66.8 Å². The van der Waals surface area contributed by atoms with Crippen LogP contribution in [0.15, 0.2) is 54.6 Å². The summed E-state index contributed by atoms with van der Waals surface area (Å²) >= 11 is 0. The SMILES string of the molecule is COC(=O)C([NH2+]c1ccc(C)cc1)c1ccccc1.[Cl-]. The van der Waals surface area contributed by atoms with Crippen molar-refractivity contribution in [2.24, 2.45) is 0 Å². The number of nitrogens with two attached hydrogens (primary N) is 1. The van der Waals surface area contributed by atoms with E-state index >= 15 is 0 Å². The van der Waals surface area contributed by atoms with Crippen LogP contribution in [0, 0.1) is 6.92 Å². The topological polar surface area (TPSA) is 42.9 Å². The summed E-state index contributed by atoms with van der Waals surface area (Å²) in [4.78, 5) is 11.9. The highest BCUT2D eigenvalue weighted by atomic mass is 35.5. The van der Waals surface area contributed by atoms with Crippen molar-refractivity contribution in [3.8, 4) is 0 Å². The van der Waals surface area contributed by atoms with Gasteiger partial charge in [-0.05, 0) is 19.1 Å². The Hall–Kier alpha value is -1.84. The van der Waals surface area contributed by atoms with Crippen LogP contribution in [0.25, 0.3) is 0 Å². The molecule has 2 N–H and O–H groups in total. The normalized spacial score (nSPS) is 11.3. The number of quaternary nitrogens is 1. The fourth-order valence-corrected chi connectivity index (χ4v) is 1.96. The van der Waals surface area contributed by atoms with Gasteiger partial charge in [0.25, 0.3) is 0 Å². The molecule has 106 valence electrons. The van der Waals surface area contributed by atoms with Crippen LogP contribution in [0.3, 0.4) is 0 Å². The second-order valence-corrected chi connectivity index (χ2v) is 4.49. The summed E-state index contributed by atoms with van der Waals surface area (Å²) in [7, 11) is 1.42. The molecule has 0 aliphatic rings. The first-order chi connectivity index (χ1) is 9.20. The summed E-state index contributed by atoms with van der Waals surface area (Å²) in [5.41, 5.74) is 3.16. The summed E-state index contributed by atoms with van der Waals surface area (Å²) in [6, 6.07) is 17.4. The molecule has 0 fully saturated rings. The van der Waals surface area contributed by atoms with Gasteiger partial charge in [0, 0.05) is 5.56 Å². The maximum absolute atomic E-state index is 11.9. The zero-order chi connectivity index (χ0) is 13.7. The average molecular weight is 292 g/mol. The fourth-order valence-electron chi connectivity index (χ4n) is 1.96. The number of benzene rings is 2. The Labute approximate surface area is 125 Å². The van der Waals surface area contributed by atoms with E-state index in [0.717, 1.165) is 11.3 Å². The van der Waals surface area contributed by atoms with Crippen molar-refractivity contribution in [3.63, 3.8) is 0 Å². The molecule has 0 aliphatic carbocycles. The minimum Gasteiger partial charge on any atom is -1.00 e. The molecule has 0 heterocycles. The molecule has 0 amide bonds. The summed E-state index contributed by atoms with van der Waals surface area (Å²) in [5.74, 6) is -0.244. The Morgan fingerprint density at radius 3 is 2.20 bits per heavy atom. The van der Waals surface area contributed by atoms with Crippen molar-refractivity contribution in [2.75, 3.05) is 7.11 Å². The standard InChI is InChI=1S/C16H17NO2.ClH/c1-12-8-10-14(11-9-12)17-15(16(18)19-2)13-6-4-3-5-7-13;/h3-11,15,17H,1-2H3;1H. The molecule has 0 bridgehead atoms. The Morgan fingerprint density at radius 1 is 1.05 bits per heavy atom. The molecule has 0 spiro atoms. The molecular formula is C16H18ClNO2. The molecule has 4 heteroatoms. The van der Waals surface area contributed by atoms with Crippen LogP contribution in [0.2, 0.25) is 0 Å². The van der Waals surface area contributed by atoms with Crippen molar-refractivity contribution in [1.82, 2.24) is 0 Å². The third kappa shape index (κ3) is 4.08. The van der Waals surface area contributed by atoms with Crippen LogP contribution < -0.4 is 17.7 Å². The number of halogens is 1. The van der Waals surface area contributed by atoms with Gasteiger partial charge in [-0.15, -0.1) is 0 Å². The number of carbonyl (C=O) groups excluding carboxylic acids is 1. The van der Waals surface area contributed by atoms with Gasteiger partial charge in [-0.25, -0.2) is 4.79 Å². The van der Waals surface area contributed by atoms with Crippen molar-refractivity contribution in [3.05, 3.63) is 65.7 Å². The quantitative estimate of drug-likeness (QED) is 0.587. The van der Waals surface area contributed by atoms with Gasteiger partial charge < -0.3 is 17.1 Å². The van der Waals surface area contributed by atoms with Gasteiger partial charge in [0.15, 0.2) is 0 Å². The van der Waals surface area contributed by atoms with Crippen LogP contribution in [0.1, 0.15) is 17.2 Å². The van der Waals surface area contributed by atoms with Gasteiger partial charge in [-0.3, -0.25) is 5.32 Å². The average Bonchev–Trinajstić information content (AvgIpc) is 2.47. The summed E-state index contributed by atoms with van der Waals surface area (Å²) < 4.78 is 4.89. The summed E-state index contributed by atoms with van der Waals surface area (Å²) in [5, 5.41) is 1.93. The minimum absolute atomic E-state index is 0. The molecule has 0 saturated heterocycles. The molecule has 20 heavy (non-hydrogen) atoms. The number of carbonyl (C=O) groups is 1. The van der Waals surface area contributed by atoms with Crippen LogP contribution in [0.4, 0.5) is 5.69 Å². The lowest BCUT2D eigenvalue weighted by Crippen LogP contribution is -3.00. The lowest BCUT2D eigenvalue weighted by molar-refractivity contribution is -0.605. The van der Waals surface area contributed by atoms with Crippen LogP contribution >= 0.6 is 0 Å². The van der Waals surface area contributed by atoms with Gasteiger partial charge in [0.1, 0.15) is 5.69 Å². The highest BCUT2D eigenvalue weighted by molar-refractivity contribution is 5.76. The van der Waals surface area contributed by atoms with Crippen molar-refractivity contribution < 1.29 is 27.3 Å². The maximum atomic E-state index is 11.9. The molecule has 2 aromatic rings. The van der Waals surface area contributed by atoms with Crippen molar-refractivity contribution in [2.45, 2.75) is 13.0 Å². The molecule has 0 radical (unpaired) electrons. The lowest BCUT2D eigenvalue weighted by Gasteiger charge is -2.13. The summed E-state index contributed by atoms with van der Waals surface area (Å²) in [6.07, 6.45) is 0.